The Morgan fingerprint density at radius 2 is 1.62 bits per heavy atom. The number of rotatable bonds is 2. The van der Waals surface area contributed by atoms with Gasteiger partial charge in [0.2, 0.25) is 5.96 Å². The van der Waals surface area contributed by atoms with Crippen molar-refractivity contribution in [1.82, 2.24) is 4.90 Å². The lowest BCUT2D eigenvalue weighted by Gasteiger charge is -2.48. The van der Waals surface area contributed by atoms with E-state index < -0.39 is 28.1 Å². The monoisotopic (exact) mass is 340 g/mol. The molecule has 1 unspecified atom stereocenters. The number of ether oxygens (including phenoxy) is 1. The minimum atomic E-state index is -1.81. The molecule has 2 aliphatic heterocycles. The predicted molar refractivity (Wildman–Crippen MR) is 91.2 cm³/mol. The molecule has 0 bridgehead atoms. The number of aliphatic imine (C=N–C) groups is 2. The molecule has 1 saturated heterocycles. The van der Waals surface area contributed by atoms with Crippen molar-refractivity contribution >= 4 is 11.8 Å². The van der Waals surface area contributed by atoms with E-state index in [9.17, 15) is 15.3 Å². The molecule has 0 spiro atoms. The lowest BCUT2D eigenvalue weighted by atomic mass is 9.67. The van der Waals surface area contributed by atoms with Crippen LogP contribution >= 0.6 is 0 Å². The van der Waals surface area contributed by atoms with E-state index >= 15 is 0 Å². The second kappa shape index (κ2) is 4.78. The number of nitrogens with zero attached hydrogens (tertiary/aromatic N) is 3. The summed E-state index contributed by atoms with van der Waals surface area (Å²) < 4.78 is 6.17. The summed E-state index contributed by atoms with van der Waals surface area (Å²) in [6, 6.07) is 0. The van der Waals surface area contributed by atoms with Gasteiger partial charge in [0.05, 0.1) is 5.60 Å². The Hall–Kier alpha value is -1.48. The fraction of sp³-hybridized carbons (Fsp3) is 0.750. The number of amidine groups is 1. The molecule has 5 N–H and O–H groups in total. The topological polar surface area (TPSA) is 124 Å². The zero-order valence-electron chi connectivity index (χ0n) is 15.4. The molecule has 136 valence electrons. The van der Waals surface area contributed by atoms with Crippen molar-refractivity contribution in [2.75, 3.05) is 0 Å². The Bertz CT molecular complexity index is 647. The van der Waals surface area contributed by atoms with E-state index in [0.29, 0.717) is 5.84 Å². The maximum Gasteiger partial charge on any atom is 0.223 e. The van der Waals surface area contributed by atoms with Crippen LogP contribution in [0.4, 0.5) is 0 Å². The van der Waals surface area contributed by atoms with Crippen LogP contribution in [0.5, 0.6) is 0 Å². The zero-order valence-corrected chi connectivity index (χ0v) is 15.4. The van der Waals surface area contributed by atoms with E-state index in [4.69, 9.17) is 10.5 Å². The molecule has 1 fully saturated rings. The van der Waals surface area contributed by atoms with Gasteiger partial charge in [-0.25, -0.2) is 4.99 Å². The lowest BCUT2D eigenvalue weighted by Crippen LogP contribution is -2.69. The van der Waals surface area contributed by atoms with Crippen LogP contribution in [-0.4, -0.2) is 60.1 Å². The minimum absolute atomic E-state index is 0.0481. The molecule has 0 aliphatic carbocycles. The van der Waals surface area contributed by atoms with Crippen molar-refractivity contribution in [3.05, 3.63) is 12.4 Å². The molecule has 0 radical (unpaired) electrons. The smallest absolute Gasteiger partial charge is 0.223 e. The van der Waals surface area contributed by atoms with Gasteiger partial charge in [0.25, 0.3) is 0 Å². The predicted octanol–water partition coefficient (Wildman–Crippen LogP) is 0.284. The third-order valence-electron chi connectivity index (χ3n) is 5.88. The van der Waals surface area contributed by atoms with Crippen LogP contribution in [0, 0.1) is 0 Å². The molecule has 2 aliphatic rings. The highest BCUT2D eigenvalue weighted by molar-refractivity contribution is 5.97. The Balaban J connectivity index is 2.67. The molecule has 4 atom stereocenters. The summed E-state index contributed by atoms with van der Waals surface area (Å²) in [5.41, 5.74) is -2.42. The SMILES string of the molecule is C=C1N=C(N)N=C(C)N1[C@]1(C)O[C@](C)(C(C)(C)O)C(C)(O)[C@]1(C)O. The highest BCUT2D eigenvalue weighted by atomic mass is 16.6. The van der Waals surface area contributed by atoms with E-state index in [2.05, 4.69) is 16.6 Å². The summed E-state index contributed by atoms with van der Waals surface area (Å²) in [4.78, 5) is 9.61. The van der Waals surface area contributed by atoms with E-state index in [1.807, 2.05) is 0 Å². The zero-order chi connectivity index (χ0) is 18.9. The molecule has 0 amide bonds. The van der Waals surface area contributed by atoms with Gasteiger partial charge in [-0.15, -0.1) is 0 Å². The van der Waals surface area contributed by atoms with Crippen molar-refractivity contribution in [2.24, 2.45) is 15.7 Å². The summed E-state index contributed by atoms with van der Waals surface area (Å²) in [5, 5.41) is 33.1. The highest BCUT2D eigenvalue weighted by Gasteiger charge is 2.77. The van der Waals surface area contributed by atoms with Gasteiger partial charge in [-0.3, -0.25) is 4.90 Å². The Labute approximate surface area is 142 Å². The molecular weight excluding hydrogens is 312 g/mol. The number of nitrogens with two attached hydrogens (primary N) is 1. The van der Waals surface area contributed by atoms with Crippen molar-refractivity contribution in [2.45, 2.75) is 76.6 Å². The second-order valence-corrected chi connectivity index (χ2v) is 7.70. The van der Waals surface area contributed by atoms with Gasteiger partial charge in [0.15, 0.2) is 5.72 Å². The fourth-order valence-corrected chi connectivity index (χ4v) is 3.66. The normalized spacial score (nSPS) is 43.8. The molecule has 0 aromatic rings. The Kier molecular flexibility index (Phi) is 3.76. The van der Waals surface area contributed by atoms with Crippen molar-refractivity contribution in [1.29, 1.82) is 0 Å². The molecule has 2 heterocycles. The van der Waals surface area contributed by atoms with E-state index in [1.54, 1.807) is 20.8 Å². The van der Waals surface area contributed by atoms with Gasteiger partial charge in [0, 0.05) is 0 Å². The fourth-order valence-electron chi connectivity index (χ4n) is 3.66. The summed E-state index contributed by atoms with van der Waals surface area (Å²) in [7, 11) is 0. The largest absolute Gasteiger partial charge is 0.387 e. The average molecular weight is 340 g/mol. The molecule has 24 heavy (non-hydrogen) atoms. The summed E-state index contributed by atoms with van der Waals surface area (Å²) in [5.74, 6) is 0.677. The van der Waals surface area contributed by atoms with Gasteiger partial charge in [-0.05, 0) is 48.5 Å². The summed E-state index contributed by atoms with van der Waals surface area (Å²) >= 11 is 0. The Morgan fingerprint density at radius 1 is 1.12 bits per heavy atom. The molecule has 0 saturated carbocycles. The van der Waals surface area contributed by atoms with Crippen LogP contribution in [0.3, 0.4) is 0 Å². The molecule has 2 rings (SSSR count). The highest BCUT2D eigenvalue weighted by Crippen LogP contribution is 2.57. The van der Waals surface area contributed by atoms with Crippen LogP contribution < -0.4 is 5.73 Å². The van der Waals surface area contributed by atoms with Crippen LogP contribution in [-0.2, 0) is 4.74 Å². The van der Waals surface area contributed by atoms with Crippen LogP contribution in [0.25, 0.3) is 0 Å². The van der Waals surface area contributed by atoms with E-state index in [-0.39, 0.29) is 11.8 Å². The van der Waals surface area contributed by atoms with Crippen LogP contribution in [0.1, 0.15) is 48.5 Å². The maximum absolute atomic E-state index is 11.3. The number of hydrogen-bond acceptors (Lipinski definition) is 8. The number of guanidine groups is 1. The van der Waals surface area contributed by atoms with E-state index in [1.165, 1.54) is 32.6 Å². The van der Waals surface area contributed by atoms with Gasteiger partial charge in [-0.2, -0.15) is 4.99 Å². The van der Waals surface area contributed by atoms with Gasteiger partial charge in [-0.1, -0.05) is 6.58 Å². The van der Waals surface area contributed by atoms with E-state index in [0.717, 1.165) is 0 Å². The van der Waals surface area contributed by atoms with Gasteiger partial charge >= 0.3 is 0 Å². The third kappa shape index (κ3) is 2.00. The van der Waals surface area contributed by atoms with Gasteiger partial charge < -0.3 is 25.8 Å². The van der Waals surface area contributed by atoms with Crippen LogP contribution in [0.15, 0.2) is 22.4 Å². The molecular formula is C16H28N4O4. The first kappa shape index (κ1) is 18.9. The molecule has 0 aromatic carbocycles. The van der Waals surface area contributed by atoms with Crippen molar-refractivity contribution in [3.8, 4) is 0 Å². The number of hydrogen-bond donors (Lipinski definition) is 4. The Morgan fingerprint density at radius 3 is 2.00 bits per heavy atom. The summed E-state index contributed by atoms with van der Waals surface area (Å²) in [6.07, 6.45) is 0. The van der Waals surface area contributed by atoms with Crippen molar-refractivity contribution < 1.29 is 20.1 Å². The number of aliphatic hydroxyl groups is 3. The standard InChI is InChI=1S/C16H28N4O4/c1-9-18-11(17)19-10(2)20(9)16(8)14(6,23)13(5,22)15(7,24-16)12(3,4)21/h21-23H,1H2,2-8H3,(H2,17,18)/t13?,14-,15+,16+/m0/s1. The first-order valence-electron chi connectivity index (χ1n) is 7.79. The minimum Gasteiger partial charge on any atom is -0.387 e. The molecule has 0 aromatic heterocycles. The lowest BCUT2D eigenvalue weighted by molar-refractivity contribution is -0.237. The maximum atomic E-state index is 11.3. The molecule has 8 nitrogen and oxygen atoms in total. The summed E-state index contributed by atoms with van der Waals surface area (Å²) in [6.45, 7) is 14.6. The second-order valence-electron chi connectivity index (χ2n) is 7.70. The van der Waals surface area contributed by atoms with Crippen molar-refractivity contribution in [3.63, 3.8) is 0 Å². The first-order chi connectivity index (χ1) is 10.5. The van der Waals surface area contributed by atoms with Gasteiger partial charge in [0.1, 0.15) is 28.5 Å². The van der Waals surface area contributed by atoms with Crippen LogP contribution in [0.2, 0.25) is 0 Å². The first-order valence-corrected chi connectivity index (χ1v) is 7.79. The third-order valence-corrected chi connectivity index (χ3v) is 5.88. The molecule has 8 heteroatoms. The average Bonchev–Trinajstić information content (AvgIpc) is 2.44. The quantitative estimate of drug-likeness (QED) is 0.572.